The van der Waals surface area contributed by atoms with Crippen molar-refractivity contribution in [3.05, 3.63) is 89.0 Å². The number of hydrogen-bond donors (Lipinski definition) is 2. The van der Waals surface area contributed by atoms with Crippen LogP contribution in [0.1, 0.15) is 48.9 Å². The molecule has 4 heteroatoms. The number of hydrogen-bond acceptors (Lipinski definition) is 4. The highest BCUT2D eigenvalue weighted by Gasteiger charge is 2.17. The molecule has 3 aromatic rings. The number of aromatic hydroxyl groups is 2. The first-order chi connectivity index (χ1) is 14.8. The maximum atomic E-state index is 12.6. The summed E-state index contributed by atoms with van der Waals surface area (Å²) >= 11 is 0. The van der Waals surface area contributed by atoms with E-state index in [1.807, 2.05) is 37.3 Å². The number of phenolic OH excluding ortho intramolecular Hbond substituents is 2. The molecule has 0 saturated heterocycles. The summed E-state index contributed by atoms with van der Waals surface area (Å²) in [6.07, 6.45) is 4.65. The van der Waals surface area contributed by atoms with Crippen LogP contribution in [-0.2, 0) is 11.2 Å². The van der Waals surface area contributed by atoms with Gasteiger partial charge in [0.1, 0.15) is 17.2 Å². The smallest absolute Gasteiger partial charge is 0.318 e. The zero-order chi connectivity index (χ0) is 22.4. The predicted octanol–water partition coefficient (Wildman–Crippen LogP) is 6.18. The summed E-state index contributed by atoms with van der Waals surface area (Å²) < 4.78 is 5.55. The molecule has 31 heavy (non-hydrogen) atoms. The molecule has 0 aliphatic rings. The second-order valence-corrected chi connectivity index (χ2v) is 8.17. The van der Waals surface area contributed by atoms with Gasteiger partial charge in [-0.1, -0.05) is 62.4 Å². The van der Waals surface area contributed by atoms with E-state index >= 15 is 0 Å². The summed E-state index contributed by atoms with van der Waals surface area (Å²) in [5.74, 6) is 0.441. The quantitative estimate of drug-likeness (QED) is 0.274. The van der Waals surface area contributed by atoms with Crippen molar-refractivity contribution in [1.29, 1.82) is 0 Å². The predicted molar refractivity (Wildman–Crippen MR) is 124 cm³/mol. The minimum atomic E-state index is -0.355. The van der Waals surface area contributed by atoms with E-state index in [4.69, 9.17) is 4.74 Å². The lowest BCUT2D eigenvalue weighted by molar-refractivity contribution is -0.135. The van der Waals surface area contributed by atoms with Gasteiger partial charge in [-0.05, 0) is 65.8 Å². The number of benzene rings is 3. The van der Waals surface area contributed by atoms with Crippen molar-refractivity contribution < 1.29 is 19.7 Å². The van der Waals surface area contributed by atoms with Crippen LogP contribution in [0.25, 0.3) is 12.2 Å². The Labute approximate surface area is 183 Å². The molecule has 0 amide bonds. The van der Waals surface area contributed by atoms with Crippen molar-refractivity contribution in [1.82, 2.24) is 0 Å². The van der Waals surface area contributed by atoms with Gasteiger partial charge in [0.15, 0.2) is 0 Å². The van der Waals surface area contributed by atoms with Gasteiger partial charge >= 0.3 is 5.97 Å². The van der Waals surface area contributed by atoms with E-state index in [-0.39, 0.29) is 23.4 Å². The Morgan fingerprint density at radius 3 is 2.00 bits per heavy atom. The van der Waals surface area contributed by atoms with Crippen molar-refractivity contribution in [2.24, 2.45) is 5.92 Å². The molecular formula is C27H28O4. The number of carbonyl (C=O) groups excluding carboxylic acids is 1. The van der Waals surface area contributed by atoms with E-state index in [0.29, 0.717) is 17.2 Å². The minimum absolute atomic E-state index is 0.00518. The first-order valence-corrected chi connectivity index (χ1v) is 10.4. The Morgan fingerprint density at radius 2 is 1.42 bits per heavy atom. The van der Waals surface area contributed by atoms with E-state index in [9.17, 15) is 15.0 Å². The molecule has 4 nitrogen and oxygen atoms in total. The number of rotatable bonds is 7. The van der Waals surface area contributed by atoms with E-state index < -0.39 is 0 Å². The lowest BCUT2D eigenvalue weighted by Gasteiger charge is -2.13. The standard InChI is InChI=1S/C27H28O4/c1-18(2)14-21-6-10-23(11-7-21)19(3)27(30)31-26-12-8-20(9-13-26)4-5-22-15-24(28)17-25(29)16-22/h4-13,15-19,28-29H,14H2,1-3H3/b5-4+/t19-/m0/s1. The highest BCUT2D eigenvalue weighted by molar-refractivity contribution is 5.80. The fourth-order valence-corrected chi connectivity index (χ4v) is 3.31. The first kappa shape index (κ1) is 22.2. The van der Waals surface area contributed by atoms with E-state index in [2.05, 4.69) is 26.0 Å². The maximum absolute atomic E-state index is 12.6. The van der Waals surface area contributed by atoms with Crippen molar-refractivity contribution in [2.75, 3.05) is 0 Å². The molecule has 0 heterocycles. The SMILES string of the molecule is CC(C)Cc1ccc([C@H](C)C(=O)Oc2ccc(/C=C/c3cc(O)cc(O)c3)cc2)cc1. The Bertz CT molecular complexity index is 1030. The fraction of sp³-hybridized carbons (Fsp3) is 0.222. The van der Waals surface area contributed by atoms with Crippen LogP contribution in [-0.4, -0.2) is 16.2 Å². The average Bonchev–Trinajstić information content (AvgIpc) is 2.72. The zero-order valence-electron chi connectivity index (χ0n) is 18.1. The Hall–Kier alpha value is -3.53. The lowest BCUT2D eigenvalue weighted by Crippen LogP contribution is -2.16. The van der Waals surface area contributed by atoms with Gasteiger partial charge in [0.25, 0.3) is 0 Å². The van der Waals surface area contributed by atoms with Crippen LogP contribution in [0.4, 0.5) is 0 Å². The number of phenols is 2. The lowest BCUT2D eigenvalue weighted by atomic mass is 9.97. The van der Waals surface area contributed by atoms with E-state index in [1.165, 1.54) is 11.6 Å². The molecule has 0 radical (unpaired) electrons. The van der Waals surface area contributed by atoms with Crippen LogP contribution >= 0.6 is 0 Å². The molecule has 0 unspecified atom stereocenters. The molecule has 3 aromatic carbocycles. The number of ether oxygens (including phenoxy) is 1. The zero-order valence-corrected chi connectivity index (χ0v) is 18.1. The maximum Gasteiger partial charge on any atom is 0.318 e. The average molecular weight is 417 g/mol. The number of carbonyl (C=O) groups is 1. The third-order valence-electron chi connectivity index (χ3n) is 4.97. The van der Waals surface area contributed by atoms with Gasteiger partial charge in [-0.25, -0.2) is 0 Å². The minimum Gasteiger partial charge on any atom is -0.508 e. The van der Waals surface area contributed by atoms with Gasteiger partial charge in [-0.2, -0.15) is 0 Å². The highest BCUT2D eigenvalue weighted by atomic mass is 16.5. The van der Waals surface area contributed by atoms with Crippen molar-refractivity contribution >= 4 is 18.1 Å². The molecular weight excluding hydrogens is 388 g/mol. The van der Waals surface area contributed by atoms with Crippen LogP contribution in [0.15, 0.2) is 66.7 Å². The normalized spacial score (nSPS) is 12.3. The summed E-state index contributed by atoms with van der Waals surface area (Å²) in [7, 11) is 0. The molecule has 1 atom stereocenters. The summed E-state index contributed by atoms with van der Waals surface area (Å²) in [4.78, 5) is 12.6. The third kappa shape index (κ3) is 6.48. The largest absolute Gasteiger partial charge is 0.508 e. The fourth-order valence-electron chi connectivity index (χ4n) is 3.31. The summed E-state index contributed by atoms with van der Waals surface area (Å²) in [6.45, 7) is 6.22. The van der Waals surface area contributed by atoms with E-state index in [0.717, 1.165) is 17.5 Å². The number of esters is 1. The van der Waals surface area contributed by atoms with Crippen LogP contribution in [0.2, 0.25) is 0 Å². The van der Waals surface area contributed by atoms with Crippen LogP contribution < -0.4 is 4.74 Å². The van der Waals surface area contributed by atoms with E-state index in [1.54, 1.807) is 30.3 Å². The topological polar surface area (TPSA) is 66.8 Å². The van der Waals surface area contributed by atoms with Crippen molar-refractivity contribution in [3.63, 3.8) is 0 Å². The van der Waals surface area contributed by atoms with Gasteiger partial charge in [0.2, 0.25) is 0 Å². The second-order valence-electron chi connectivity index (χ2n) is 8.17. The highest BCUT2D eigenvalue weighted by Crippen LogP contribution is 2.24. The molecule has 0 aromatic heterocycles. The molecule has 0 fully saturated rings. The third-order valence-corrected chi connectivity index (χ3v) is 4.97. The Balaban J connectivity index is 1.61. The molecule has 0 saturated carbocycles. The first-order valence-electron chi connectivity index (χ1n) is 10.4. The van der Waals surface area contributed by atoms with Crippen LogP contribution in [0, 0.1) is 5.92 Å². The molecule has 0 aliphatic carbocycles. The molecule has 0 bridgehead atoms. The Kier molecular flexibility index (Phi) is 7.14. The Morgan fingerprint density at radius 1 is 0.839 bits per heavy atom. The van der Waals surface area contributed by atoms with Gasteiger partial charge in [0, 0.05) is 6.07 Å². The molecule has 2 N–H and O–H groups in total. The van der Waals surface area contributed by atoms with Crippen LogP contribution in [0.5, 0.6) is 17.2 Å². The summed E-state index contributed by atoms with van der Waals surface area (Å²) in [5, 5.41) is 19.1. The van der Waals surface area contributed by atoms with Gasteiger partial charge < -0.3 is 14.9 Å². The monoisotopic (exact) mass is 416 g/mol. The summed E-state index contributed by atoms with van der Waals surface area (Å²) in [5.41, 5.74) is 3.79. The molecule has 160 valence electrons. The second kappa shape index (κ2) is 9.98. The van der Waals surface area contributed by atoms with Gasteiger partial charge in [0.05, 0.1) is 5.92 Å². The van der Waals surface area contributed by atoms with Crippen molar-refractivity contribution in [2.45, 2.75) is 33.1 Å². The van der Waals surface area contributed by atoms with Gasteiger partial charge in [-0.3, -0.25) is 4.79 Å². The summed E-state index contributed by atoms with van der Waals surface area (Å²) in [6, 6.07) is 19.7. The van der Waals surface area contributed by atoms with Crippen molar-refractivity contribution in [3.8, 4) is 17.2 Å². The molecule has 0 aliphatic heterocycles. The van der Waals surface area contributed by atoms with Gasteiger partial charge in [-0.15, -0.1) is 0 Å². The van der Waals surface area contributed by atoms with Crippen LogP contribution in [0.3, 0.4) is 0 Å². The molecule has 3 rings (SSSR count). The molecule has 0 spiro atoms.